The van der Waals surface area contributed by atoms with Crippen molar-refractivity contribution in [3.63, 3.8) is 0 Å². The van der Waals surface area contributed by atoms with E-state index in [-0.39, 0.29) is 0 Å². The first kappa shape index (κ1) is 12.9. The Kier molecular flexibility index (Phi) is 3.14. The molecule has 1 N–H and O–H groups in total. The molecule has 5 atom stereocenters. The minimum atomic E-state index is 0.722. The molecule has 5 unspecified atom stereocenters. The summed E-state index contributed by atoms with van der Waals surface area (Å²) in [4.78, 5) is 0. The molecule has 3 saturated carbocycles. The summed E-state index contributed by atoms with van der Waals surface area (Å²) in [6.45, 7) is 5.63. The Balaban J connectivity index is 1.50. The molecule has 0 spiro atoms. The highest BCUT2D eigenvalue weighted by atomic mass is 14.9. The average molecular weight is 269 g/mol. The van der Waals surface area contributed by atoms with Crippen molar-refractivity contribution in [1.82, 2.24) is 5.32 Å². The number of benzene rings is 1. The number of rotatable bonds is 5. The number of likely N-dealkylation sites (N-methyl/N-ethyl adjacent to an activating group) is 1. The molecule has 1 nitrogen and oxygen atoms in total. The van der Waals surface area contributed by atoms with Crippen molar-refractivity contribution < 1.29 is 0 Å². The Labute approximate surface area is 123 Å². The fourth-order valence-electron chi connectivity index (χ4n) is 5.61. The molecule has 1 aromatic rings. The molecule has 3 aliphatic rings. The molecule has 0 heterocycles. The quantitative estimate of drug-likeness (QED) is 0.857. The molecular formula is C19H27N. The van der Waals surface area contributed by atoms with Crippen LogP contribution in [0, 0.1) is 36.5 Å². The zero-order chi connectivity index (χ0) is 13.7. The van der Waals surface area contributed by atoms with Gasteiger partial charge in [0.25, 0.3) is 0 Å². The maximum atomic E-state index is 3.82. The lowest BCUT2D eigenvalue weighted by Crippen LogP contribution is -2.35. The second kappa shape index (κ2) is 4.87. The van der Waals surface area contributed by atoms with Crippen molar-refractivity contribution in [2.24, 2.45) is 29.6 Å². The van der Waals surface area contributed by atoms with Crippen LogP contribution >= 0.6 is 0 Å². The third-order valence-electron chi connectivity index (χ3n) is 6.43. The summed E-state index contributed by atoms with van der Waals surface area (Å²) < 4.78 is 0. The third-order valence-corrected chi connectivity index (χ3v) is 6.43. The molecule has 0 aliphatic heterocycles. The highest BCUT2D eigenvalue weighted by Crippen LogP contribution is 2.70. The van der Waals surface area contributed by atoms with Gasteiger partial charge in [-0.1, -0.05) is 31.2 Å². The minimum Gasteiger partial charge on any atom is -0.314 e. The summed E-state index contributed by atoms with van der Waals surface area (Å²) in [6, 6.07) is 9.66. The number of hydrogen-bond acceptors (Lipinski definition) is 1. The van der Waals surface area contributed by atoms with Crippen LogP contribution in [-0.4, -0.2) is 12.6 Å². The predicted molar refractivity (Wildman–Crippen MR) is 83.6 cm³/mol. The SMILES string of the molecule is CCNC(Cc1ccccc1C)C1C2C3CCC(C3)C21. The standard InChI is InChI=1S/C19H27N/c1-3-20-16(11-13-7-5-4-6-12(13)2)19-17-14-8-9-15(10-14)18(17)19/h4-7,14-20H,3,8-11H2,1-2H3. The van der Waals surface area contributed by atoms with Crippen molar-refractivity contribution >= 4 is 0 Å². The summed E-state index contributed by atoms with van der Waals surface area (Å²) in [6.07, 6.45) is 5.86. The Morgan fingerprint density at radius 1 is 1.15 bits per heavy atom. The minimum absolute atomic E-state index is 0.722. The van der Waals surface area contributed by atoms with Gasteiger partial charge in [-0.05, 0) is 79.9 Å². The molecule has 0 amide bonds. The number of aryl methyl sites for hydroxylation is 1. The van der Waals surface area contributed by atoms with Crippen LogP contribution in [-0.2, 0) is 6.42 Å². The first-order valence-electron chi connectivity index (χ1n) is 8.57. The van der Waals surface area contributed by atoms with Gasteiger partial charge in [0.2, 0.25) is 0 Å². The van der Waals surface area contributed by atoms with Gasteiger partial charge in [-0.25, -0.2) is 0 Å². The molecule has 2 bridgehead atoms. The molecular weight excluding hydrogens is 242 g/mol. The molecule has 3 fully saturated rings. The summed E-state index contributed by atoms with van der Waals surface area (Å²) in [5.41, 5.74) is 3.01. The normalized spacial score (nSPS) is 38.8. The Bertz CT molecular complexity index is 478. The second-order valence-corrected chi connectivity index (χ2v) is 7.36. The van der Waals surface area contributed by atoms with Gasteiger partial charge in [0.05, 0.1) is 0 Å². The van der Waals surface area contributed by atoms with Crippen LogP contribution in [0.25, 0.3) is 0 Å². The van der Waals surface area contributed by atoms with Crippen LogP contribution in [0.4, 0.5) is 0 Å². The van der Waals surface area contributed by atoms with Crippen molar-refractivity contribution in [3.8, 4) is 0 Å². The third kappa shape index (κ3) is 1.94. The van der Waals surface area contributed by atoms with Crippen molar-refractivity contribution in [2.75, 3.05) is 6.54 Å². The fourth-order valence-corrected chi connectivity index (χ4v) is 5.61. The zero-order valence-electron chi connectivity index (χ0n) is 12.8. The topological polar surface area (TPSA) is 12.0 Å². The molecule has 3 aliphatic carbocycles. The van der Waals surface area contributed by atoms with Crippen LogP contribution < -0.4 is 5.32 Å². The van der Waals surface area contributed by atoms with Crippen LogP contribution in [0.5, 0.6) is 0 Å². The molecule has 1 heteroatoms. The highest BCUT2D eigenvalue weighted by Gasteiger charge is 2.66. The van der Waals surface area contributed by atoms with Gasteiger partial charge in [0, 0.05) is 6.04 Å². The second-order valence-electron chi connectivity index (χ2n) is 7.36. The Hall–Kier alpha value is -0.820. The number of fused-ring (bicyclic) bond motifs is 5. The van der Waals surface area contributed by atoms with E-state index in [1.165, 1.54) is 24.8 Å². The van der Waals surface area contributed by atoms with E-state index >= 15 is 0 Å². The first-order chi connectivity index (χ1) is 9.79. The van der Waals surface area contributed by atoms with E-state index in [1.54, 1.807) is 12.0 Å². The first-order valence-corrected chi connectivity index (χ1v) is 8.57. The van der Waals surface area contributed by atoms with Crippen LogP contribution in [0.2, 0.25) is 0 Å². The van der Waals surface area contributed by atoms with E-state index in [0.717, 1.165) is 42.2 Å². The zero-order valence-corrected chi connectivity index (χ0v) is 12.8. The number of hydrogen-bond donors (Lipinski definition) is 1. The molecule has 20 heavy (non-hydrogen) atoms. The molecule has 1 aromatic carbocycles. The maximum absolute atomic E-state index is 3.82. The van der Waals surface area contributed by atoms with E-state index in [0.29, 0.717) is 0 Å². The van der Waals surface area contributed by atoms with Gasteiger partial charge >= 0.3 is 0 Å². The van der Waals surface area contributed by atoms with Gasteiger partial charge in [0.15, 0.2) is 0 Å². The predicted octanol–water partition coefficient (Wildman–Crippen LogP) is 3.81. The fraction of sp³-hybridized carbons (Fsp3) is 0.684. The molecule has 0 aromatic heterocycles. The van der Waals surface area contributed by atoms with Gasteiger partial charge in [-0.3, -0.25) is 0 Å². The van der Waals surface area contributed by atoms with E-state index in [4.69, 9.17) is 0 Å². The van der Waals surface area contributed by atoms with Crippen molar-refractivity contribution in [1.29, 1.82) is 0 Å². The molecule has 0 saturated heterocycles. The van der Waals surface area contributed by atoms with Gasteiger partial charge in [-0.15, -0.1) is 0 Å². The monoisotopic (exact) mass is 269 g/mol. The van der Waals surface area contributed by atoms with E-state index < -0.39 is 0 Å². The lowest BCUT2D eigenvalue weighted by atomic mass is 9.92. The smallest absolute Gasteiger partial charge is 0.0141 e. The summed E-state index contributed by atoms with van der Waals surface area (Å²) >= 11 is 0. The van der Waals surface area contributed by atoms with Gasteiger partial charge < -0.3 is 5.32 Å². The lowest BCUT2D eigenvalue weighted by Gasteiger charge is -2.22. The average Bonchev–Trinajstić information content (AvgIpc) is 2.88. The summed E-state index contributed by atoms with van der Waals surface area (Å²) in [7, 11) is 0. The molecule has 0 radical (unpaired) electrons. The number of nitrogens with one attached hydrogen (secondary N) is 1. The van der Waals surface area contributed by atoms with Crippen LogP contribution in [0.3, 0.4) is 0 Å². The van der Waals surface area contributed by atoms with Crippen LogP contribution in [0.1, 0.15) is 37.3 Å². The Morgan fingerprint density at radius 3 is 2.50 bits per heavy atom. The largest absolute Gasteiger partial charge is 0.314 e. The summed E-state index contributed by atoms with van der Waals surface area (Å²) in [5, 5.41) is 3.82. The van der Waals surface area contributed by atoms with E-state index in [1.807, 2.05) is 0 Å². The summed E-state index contributed by atoms with van der Waals surface area (Å²) in [5.74, 6) is 5.34. The van der Waals surface area contributed by atoms with E-state index in [2.05, 4.69) is 43.4 Å². The molecule has 108 valence electrons. The highest BCUT2D eigenvalue weighted by molar-refractivity contribution is 5.28. The van der Waals surface area contributed by atoms with Gasteiger partial charge in [-0.2, -0.15) is 0 Å². The van der Waals surface area contributed by atoms with Gasteiger partial charge in [0.1, 0.15) is 0 Å². The van der Waals surface area contributed by atoms with Crippen molar-refractivity contribution in [3.05, 3.63) is 35.4 Å². The van der Waals surface area contributed by atoms with Crippen molar-refractivity contribution in [2.45, 2.75) is 45.6 Å². The maximum Gasteiger partial charge on any atom is 0.0141 e. The van der Waals surface area contributed by atoms with Crippen LogP contribution in [0.15, 0.2) is 24.3 Å². The van der Waals surface area contributed by atoms with E-state index in [9.17, 15) is 0 Å². The molecule has 4 rings (SSSR count). The lowest BCUT2D eigenvalue weighted by molar-refractivity contribution is 0.365. The Morgan fingerprint density at radius 2 is 1.85 bits per heavy atom.